The van der Waals surface area contributed by atoms with E-state index < -0.39 is 0 Å². The minimum atomic E-state index is -0.301. The van der Waals surface area contributed by atoms with Gasteiger partial charge in [-0.15, -0.1) is 0 Å². The lowest BCUT2D eigenvalue weighted by Crippen LogP contribution is -2.19. The van der Waals surface area contributed by atoms with E-state index in [9.17, 15) is 0 Å². The number of rotatable bonds is 14. The molecule has 0 aliphatic rings. The molecule has 0 spiro atoms. The second-order valence-corrected chi connectivity index (χ2v) is 15.8. The van der Waals surface area contributed by atoms with Crippen molar-refractivity contribution in [1.29, 1.82) is 0 Å². The summed E-state index contributed by atoms with van der Waals surface area (Å²) in [5, 5.41) is 0. The van der Waals surface area contributed by atoms with Gasteiger partial charge in [-0.05, 0) is 58.0 Å². The van der Waals surface area contributed by atoms with E-state index in [2.05, 4.69) is 147 Å². The number of aliphatic imine (C=N–C) groups is 6. The Morgan fingerprint density at radius 2 is 0.800 bits per heavy atom. The molecule has 0 amide bonds. The van der Waals surface area contributed by atoms with Crippen molar-refractivity contribution in [2.75, 3.05) is 0 Å². The molecule has 0 bridgehead atoms. The number of hydrogen-bond donors (Lipinski definition) is 0. The van der Waals surface area contributed by atoms with E-state index in [0.717, 1.165) is 61.2 Å². The predicted molar refractivity (Wildman–Crippen MR) is 277 cm³/mol. The molecule has 7 aromatic rings. The van der Waals surface area contributed by atoms with Gasteiger partial charge >= 0.3 is 0 Å². The summed E-state index contributed by atoms with van der Waals surface area (Å²) in [7, 11) is 0. The molecule has 0 saturated carbocycles. The summed E-state index contributed by atoms with van der Waals surface area (Å²) in [6.45, 7) is 20.8. The van der Waals surface area contributed by atoms with Crippen LogP contribution in [0.1, 0.15) is 63.9 Å². The van der Waals surface area contributed by atoms with Crippen molar-refractivity contribution in [2.45, 2.75) is 32.4 Å². The maximum atomic E-state index is 5.03. The van der Waals surface area contributed by atoms with E-state index in [1.165, 1.54) is 5.56 Å². The zero-order valence-electron chi connectivity index (χ0n) is 37.1. The average molecular weight is 845 g/mol. The lowest BCUT2D eigenvalue weighted by molar-refractivity contribution is 0.640. The van der Waals surface area contributed by atoms with Gasteiger partial charge in [0.25, 0.3) is 0 Å². The standard InChI is InChI=1S/C59H52N6/c1-7-18-45(8-2)47-29-25-43(26-30-47)41-63-58(64-55(60-5)49-21-14-10-15-22-49)52-35-39-54(40-36-52)59(3,4)53-37-27-44(28-38-53)42-62-57(50-23-16-11-17-24-50)65-56(61-6)51-33-31-48(32-34-51)46-19-12-9-13-20-46/h7-40H,1-2,5-6,41-42H2,3-4H3/b45-18+,62-57?,63-58?,64-55?,65-56?. The van der Waals surface area contributed by atoms with Gasteiger partial charge in [0.15, 0.2) is 23.3 Å². The van der Waals surface area contributed by atoms with Crippen molar-refractivity contribution < 1.29 is 0 Å². The average Bonchev–Trinajstić information content (AvgIpc) is 3.37. The molecule has 0 N–H and O–H groups in total. The van der Waals surface area contributed by atoms with E-state index >= 15 is 0 Å². The fourth-order valence-corrected chi connectivity index (χ4v) is 7.36. The SMILES string of the molecule is C=C/C=C(\C=C)c1ccc(CN=C(N=C(N=C)c2ccccc2)c2ccc(C(C)(C)c3ccc(CN=C(N=C(N=C)c4ccc(-c5ccccc5)cc4)c4ccccc4)cc3)cc2)cc1. The Hall–Kier alpha value is -8.22. The molecule has 0 unspecified atom stereocenters. The number of nitrogens with zero attached hydrogens (tertiary/aromatic N) is 6. The molecule has 6 nitrogen and oxygen atoms in total. The first-order valence-corrected chi connectivity index (χ1v) is 21.5. The van der Waals surface area contributed by atoms with Gasteiger partial charge in [-0.25, -0.2) is 20.0 Å². The summed E-state index contributed by atoms with van der Waals surface area (Å²) < 4.78 is 0. The maximum Gasteiger partial charge on any atom is 0.161 e. The number of benzene rings is 7. The molecule has 65 heavy (non-hydrogen) atoms. The second kappa shape index (κ2) is 21.7. The van der Waals surface area contributed by atoms with Gasteiger partial charge in [-0.1, -0.05) is 233 Å². The highest BCUT2D eigenvalue weighted by Gasteiger charge is 2.23. The highest BCUT2D eigenvalue weighted by Crippen LogP contribution is 2.32. The highest BCUT2D eigenvalue weighted by atomic mass is 15.0. The largest absolute Gasteiger partial charge is 0.261 e. The minimum Gasteiger partial charge on any atom is -0.261 e. The summed E-state index contributed by atoms with van der Waals surface area (Å²) in [4.78, 5) is 28.6. The van der Waals surface area contributed by atoms with Crippen LogP contribution in [0.5, 0.6) is 0 Å². The highest BCUT2D eigenvalue weighted by molar-refractivity contribution is 6.13. The Labute approximate surface area is 383 Å². The van der Waals surface area contributed by atoms with Crippen molar-refractivity contribution in [1.82, 2.24) is 0 Å². The smallest absolute Gasteiger partial charge is 0.161 e. The van der Waals surface area contributed by atoms with Crippen LogP contribution in [0, 0.1) is 0 Å². The van der Waals surface area contributed by atoms with Crippen LogP contribution in [0.25, 0.3) is 16.7 Å². The Kier molecular flexibility index (Phi) is 15.0. The van der Waals surface area contributed by atoms with Gasteiger partial charge in [0.05, 0.1) is 13.1 Å². The summed E-state index contributed by atoms with van der Waals surface area (Å²) in [6.07, 6.45) is 5.54. The number of hydrogen-bond acceptors (Lipinski definition) is 2. The van der Waals surface area contributed by atoms with Crippen LogP contribution in [0.3, 0.4) is 0 Å². The fraction of sp³-hybridized carbons (Fsp3) is 0.0847. The molecule has 0 radical (unpaired) electrons. The van der Waals surface area contributed by atoms with Crippen LogP contribution >= 0.6 is 0 Å². The van der Waals surface area contributed by atoms with Crippen LogP contribution in [0.4, 0.5) is 0 Å². The first-order chi connectivity index (χ1) is 31.8. The van der Waals surface area contributed by atoms with Gasteiger partial charge < -0.3 is 0 Å². The predicted octanol–water partition coefficient (Wildman–Crippen LogP) is 13.6. The lowest BCUT2D eigenvalue weighted by atomic mass is 9.78. The van der Waals surface area contributed by atoms with Crippen molar-refractivity contribution >= 4 is 42.4 Å². The minimum absolute atomic E-state index is 0.301. The van der Waals surface area contributed by atoms with E-state index in [1.807, 2.05) is 103 Å². The zero-order chi connectivity index (χ0) is 45.4. The number of amidine groups is 4. The molecule has 0 aliphatic carbocycles. The molecule has 7 aromatic carbocycles. The monoisotopic (exact) mass is 844 g/mol. The quantitative estimate of drug-likeness (QED) is 0.0594. The topological polar surface area (TPSA) is 74.2 Å². The van der Waals surface area contributed by atoms with Gasteiger partial charge in [-0.3, -0.25) is 9.98 Å². The van der Waals surface area contributed by atoms with Crippen LogP contribution < -0.4 is 0 Å². The first kappa shape index (κ1) is 44.8. The van der Waals surface area contributed by atoms with E-state index in [0.29, 0.717) is 36.4 Å². The molecule has 0 fully saturated rings. The summed E-state index contributed by atoms with van der Waals surface area (Å²) >= 11 is 0. The zero-order valence-corrected chi connectivity index (χ0v) is 37.1. The van der Waals surface area contributed by atoms with E-state index in [-0.39, 0.29) is 5.41 Å². The summed E-state index contributed by atoms with van der Waals surface area (Å²) in [6, 6.07) is 63.8. The van der Waals surface area contributed by atoms with Crippen molar-refractivity contribution in [3.63, 3.8) is 0 Å². The Morgan fingerprint density at radius 3 is 1.26 bits per heavy atom. The summed E-state index contributed by atoms with van der Waals surface area (Å²) in [5.74, 6) is 2.19. The van der Waals surface area contributed by atoms with Crippen LogP contribution in [0.2, 0.25) is 0 Å². The van der Waals surface area contributed by atoms with Gasteiger partial charge in [0, 0.05) is 27.7 Å². The molecule has 7 rings (SSSR count). The van der Waals surface area contributed by atoms with Crippen molar-refractivity contribution in [3.8, 4) is 11.1 Å². The molecule has 0 aromatic heterocycles. The molecular formula is C59H52N6. The van der Waals surface area contributed by atoms with E-state index in [1.54, 1.807) is 6.08 Å². The lowest BCUT2D eigenvalue weighted by Gasteiger charge is -2.26. The third kappa shape index (κ3) is 11.4. The third-order valence-corrected chi connectivity index (χ3v) is 11.2. The van der Waals surface area contributed by atoms with Gasteiger partial charge in [-0.2, -0.15) is 0 Å². The Bertz CT molecular complexity index is 2880. The molecule has 0 aliphatic heterocycles. The van der Waals surface area contributed by atoms with Gasteiger partial charge in [0.1, 0.15) is 0 Å². The Morgan fingerprint density at radius 1 is 0.431 bits per heavy atom. The first-order valence-electron chi connectivity index (χ1n) is 21.5. The Balaban J connectivity index is 1.11. The molecule has 0 atom stereocenters. The van der Waals surface area contributed by atoms with Crippen LogP contribution in [-0.4, -0.2) is 36.8 Å². The van der Waals surface area contributed by atoms with E-state index in [4.69, 9.17) is 20.0 Å². The molecule has 6 heteroatoms. The normalized spacial score (nSPS) is 12.7. The third-order valence-electron chi connectivity index (χ3n) is 11.2. The summed E-state index contributed by atoms with van der Waals surface area (Å²) in [5.41, 5.74) is 12.0. The van der Waals surface area contributed by atoms with Crippen LogP contribution in [0.15, 0.2) is 249 Å². The molecule has 318 valence electrons. The maximum absolute atomic E-state index is 5.03. The molecule has 0 heterocycles. The fourth-order valence-electron chi connectivity index (χ4n) is 7.36. The van der Waals surface area contributed by atoms with Crippen LogP contribution in [-0.2, 0) is 18.5 Å². The van der Waals surface area contributed by atoms with Crippen molar-refractivity contribution in [2.24, 2.45) is 30.0 Å². The molecule has 0 saturated heterocycles. The molecular weight excluding hydrogens is 793 g/mol. The van der Waals surface area contributed by atoms with Gasteiger partial charge in [0.2, 0.25) is 0 Å². The van der Waals surface area contributed by atoms with Crippen molar-refractivity contribution in [3.05, 3.63) is 270 Å². The number of allylic oxidation sites excluding steroid dienone is 4. The second-order valence-electron chi connectivity index (χ2n) is 15.8.